The minimum absolute atomic E-state index is 0.299. The molecule has 0 spiro atoms. The molecule has 0 N–H and O–H groups in total. The lowest BCUT2D eigenvalue weighted by Crippen LogP contribution is -2.40. The van der Waals surface area contributed by atoms with Crippen molar-refractivity contribution >= 4 is 13.3 Å². The van der Waals surface area contributed by atoms with E-state index in [-0.39, 0.29) is 0 Å². The zero-order valence-corrected chi connectivity index (χ0v) is 14.1. The van der Waals surface area contributed by atoms with E-state index >= 15 is 0 Å². The molecule has 1 heterocycles. The first-order valence-corrected chi connectivity index (χ1v) is 10.5. The Morgan fingerprint density at radius 2 is 1.80 bits per heavy atom. The number of nitrogens with zero attached hydrogens (tertiary/aromatic N) is 1. The van der Waals surface area contributed by atoms with Gasteiger partial charge in [-0.3, -0.25) is 4.98 Å². The van der Waals surface area contributed by atoms with Crippen LogP contribution in [0.4, 0.5) is 0 Å². The summed E-state index contributed by atoms with van der Waals surface area (Å²) in [4.78, 5) is 4.65. The standard InChI is InChI=1S/C18H25NSi/c1-13(2)16-11-17(15-9-7-14(3)8-10-15)19-12-18(16)20(4,5)6/h7-13H,1-6H3/i3D,13D. The summed E-state index contributed by atoms with van der Waals surface area (Å²) in [5.74, 6) is -0.631. The van der Waals surface area contributed by atoms with E-state index in [0.717, 1.165) is 22.4 Å². The summed E-state index contributed by atoms with van der Waals surface area (Å²) in [5.41, 5.74) is 4.04. The largest absolute Gasteiger partial charge is 0.256 e. The Balaban J connectivity index is 2.55. The summed E-state index contributed by atoms with van der Waals surface area (Å²) >= 11 is 0. The molecule has 0 bridgehead atoms. The number of pyridine rings is 1. The fourth-order valence-electron chi connectivity index (χ4n) is 2.30. The maximum absolute atomic E-state index is 8.49. The van der Waals surface area contributed by atoms with Crippen molar-refractivity contribution in [2.45, 2.75) is 46.3 Å². The van der Waals surface area contributed by atoms with Crippen molar-refractivity contribution in [2.24, 2.45) is 0 Å². The van der Waals surface area contributed by atoms with E-state index in [9.17, 15) is 0 Å². The maximum Gasteiger partial charge on any atom is 0.0799 e. The van der Waals surface area contributed by atoms with Gasteiger partial charge in [0, 0.05) is 14.5 Å². The van der Waals surface area contributed by atoms with Crippen molar-refractivity contribution < 1.29 is 2.74 Å². The third-order valence-electron chi connectivity index (χ3n) is 3.50. The molecule has 0 atom stereocenters. The van der Waals surface area contributed by atoms with Crippen LogP contribution in [0.25, 0.3) is 11.3 Å². The number of benzene rings is 1. The lowest BCUT2D eigenvalue weighted by atomic mass is 10.0. The predicted octanol–water partition coefficient (Wildman–Crippen LogP) is 4.73. The third-order valence-corrected chi connectivity index (χ3v) is 5.51. The van der Waals surface area contributed by atoms with Crippen LogP contribution in [0.3, 0.4) is 0 Å². The molecule has 1 aromatic heterocycles. The number of aryl methyl sites for hydroxylation is 1. The fraction of sp³-hybridized carbons (Fsp3) is 0.389. The Morgan fingerprint density at radius 1 is 1.15 bits per heavy atom. The second-order valence-electron chi connectivity index (χ2n) is 6.56. The molecular formula is C18H25NSi. The quantitative estimate of drug-likeness (QED) is 0.743. The fourth-order valence-corrected chi connectivity index (χ4v) is 3.88. The van der Waals surface area contributed by atoms with E-state index in [1.54, 1.807) is 0 Å². The van der Waals surface area contributed by atoms with Crippen LogP contribution in [0.15, 0.2) is 36.5 Å². The van der Waals surface area contributed by atoms with Gasteiger partial charge in [0.15, 0.2) is 0 Å². The van der Waals surface area contributed by atoms with Crippen molar-refractivity contribution in [1.82, 2.24) is 4.98 Å². The molecule has 0 aliphatic heterocycles. The van der Waals surface area contributed by atoms with E-state index in [2.05, 4.69) is 30.7 Å². The summed E-state index contributed by atoms with van der Waals surface area (Å²) < 4.78 is 15.9. The van der Waals surface area contributed by atoms with Gasteiger partial charge in [-0.1, -0.05) is 63.3 Å². The number of hydrogen-bond donors (Lipinski definition) is 0. The maximum atomic E-state index is 8.49. The highest BCUT2D eigenvalue weighted by atomic mass is 28.3. The number of rotatable bonds is 3. The summed E-state index contributed by atoms with van der Waals surface area (Å²) in [6.07, 6.45) is 1.98. The zero-order chi connectivity index (χ0) is 16.5. The predicted molar refractivity (Wildman–Crippen MR) is 91.5 cm³/mol. The van der Waals surface area contributed by atoms with Gasteiger partial charge in [-0.05, 0) is 29.6 Å². The van der Waals surface area contributed by atoms with Gasteiger partial charge >= 0.3 is 0 Å². The molecule has 0 amide bonds. The molecule has 0 aliphatic carbocycles. The lowest BCUT2D eigenvalue weighted by molar-refractivity contribution is 0.870. The Bertz CT molecular complexity index is 652. The monoisotopic (exact) mass is 285 g/mol. The van der Waals surface area contributed by atoms with Gasteiger partial charge in [0.25, 0.3) is 0 Å². The van der Waals surface area contributed by atoms with Gasteiger partial charge in [-0.15, -0.1) is 0 Å². The topological polar surface area (TPSA) is 12.9 Å². The molecule has 2 heteroatoms. The highest BCUT2D eigenvalue weighted by Crippen LogP contribution is 2.23. The van der Waals surface area contributed by atoms with Gasteiger partial charge in [-0.25, -0.2) is 0 Å². The van der Waals surface area contributed by atoms with Crippen LogP contribution < -0.4 is 5.19 Å². The van der Waals surface area contributed by atoms with E-state index < -0.39 is 14.0 Å². The van der Waals surface area contributed by atoms with Crippen molar-refractivity contribution in [1.29, 1.82) is 0 Å². The molecule has 2 rings (SSSR count). The molecule has 0 saturated carbocycles. The summed E-state index contributed by atoms with van der Waals surface area (Å²) in [6.45, 7) is 11.1. The van der Waals surface area contributed by atoms with Gasteiger partial charge in [-0.2, -0.15) is 0 Å². The smallest absolute Gasteiger partial charge is 0.0799 e. The van der Waals surface area contributed by atoms with Crippen LogP contribution in [0.5, 0.6) is 0 Å². The molecular weight excluding hydrogens is 258 g/mol. The van der Waals surface area contributed by atoms with E-state index in [4.69, 9.17) is 2.74 Å². The number of aromatic nitrogens is 1. The minimum Gasteiger partial charge on any atom is -0.256 e. The molecule has 0 fully saturated rings. The van der Waals surface area contributed by atoms with Gasteiger partial charge in [0.2, 0.25) is 0 Å². The lowest BCUT2D eigenvalue weighted by Gasteiger charge is -2.23. The van der Waals surface area contributed by atoms with Crippen LogP contribution in [-0.2, 0) is 0 Å². The summed E-state index contributed by atoms with van der Waals surface area (Å²) in [6, 6.07) is 10.1. The second kappa shape index (κ2) is 5.53. The summed E-state index contributed by atoms with van der Waals surface area (Å²) in [7, 11) is -1.53. The van der Waals surface area contributed by atoms with Gasteiger partial charge in [0.05, 0.1) is 13.8 Å². The van der Waals surface area contributed by atoms with E-state index in [0.29, 0.717) is 6.90 Å². The van der Waals surface area contributed by atoms with Crippen molar-refractivity contribution in [2.75, 3.05) is 0 Å². The first-order valence-electron chi connectivity index (χ1n) is 8.23. The average Bonchev–Trinajstić information content (AvgIpc) is 2.45. The van der Waals surface area contributed by atoms with E-state index in [1.807, 2.05) is 44.3 Å². The molecule has 0 saturated heterocycles. The van der Waals surface area contributed by atoms with Crippen molar-refractivity contribution in [3.05, 3.63) is 47.7 Å². The molecule has 0 aliphatic rings. The molecule has 1 nitrogen and oxygen atoms in total. The van der Waals surface area contributed by atoms with Gasteiger partial charge in [0.1, 0.15) is 0 Å². The minimum atomic E-state index is -1.53. The molecule has 20 heavy (non-hydrogen) atoms. The highest BCUT2D eigenvalue weighted by Gasteiger charge is 2.22. The van der Waals surface area contributed by atoms with Crippen LogP contribution >= 0.6 is 0 Å². The second-order valence-corrected chi connectivity index (χ2v) is 11.6. The number of hydrogen-bond acceptors (Lipinski definition) is 1. The van der Waals surface area contributed by atoms with Gasteiger partial charge < -0.3 is 0 Å². The van der Waals surface area contributed by atoms with Crippen molar-refractivity contribution in [3.63, 3.8) is 0 Å². The molecule has 0 unspecified atom stereocenters. The summed E-state index contributed by atoms with van der Waals surface area (Å²) in [5, 5.41) is 1.26. The van der Waals surface area contributed by atoms with Crippen LogP contribution in [-0.4, -0.2) is 13.1 Å². The average molecular weight is 286 g/mol. The first-order chi connectivity index (χ1) is 10.1. The van der Waals surface area contributed by atoms with Crippen LogP contribution in [0.2, 0.25) is 19.6 Å². The SMILES string of the molecule is [2H]Cc1ccc(-c2cc(C([2H])(C)C)c([Si](C)(C)C)cn2)cc1. The zero-order valence-electron chi connectivity index (χ0n) is 15.1. The third kappa shape index (κ3) is 3.18. The Kier molecular flexibility index (Phi) is 3.41. The highest BCUT2D eigenvalue weighted by molar-refractivity contribution is 6.89. The Labute approximate surface area is 126 Å². The normalized spacial score (nSPS) is 13.8. The Hall–Kier alpha value is -1.41. The molecule has 2 aromatic rings. The Morgan fingerprint density at radius 3 is 2.30 bits per heavy atom. The van der Waals surface area contributed by atoms with Crippen molar-refractivity contribution in [3.8, 4) is 11.3 Å². The molecule has 0 radical (unpaired) electrons. The molecule has 1 aromatic carbocycles. The first kappa shape index (κ1) is 12.3. The van der Waals surface area contributed by atoms with Crippen LogP contribution in [0, 0.1) is 6.90 Å². The van der Waals surface area contributed by atoms with E-state index in [1.165, 1.54) is 5.19 Å². The molecule has 106 valence electrons. The van der Waals surface area contributed by atoms with Crippen LogP contribution in [0.1, 0.15) is 33.6 Å².